The summed E-state index contributed by atoms with van der Waals surface area (Å²) < 4.78 is 5.40. The van der Waals surface area contributed by atoms with Crippen LogP contribution < -0.4 is 11.1 Å². The Bertz CT molecular complexity index is 382. The molecule has 2 amide bonds. The zero-order valence-corrected chi connectivity index (χ0v) is 13.1. The third kappa shape index (κ3) is 3.19. The minimum Gasteiger partial charge on any atom is -0.381 e. The summed E-state index contributed by atoms with van der Waals surface area (Å²) in [6, 6.07) is 0.0832. The van der Waals surface area contributed by atoms with Crippen molar-refractivity contribution in [3.63, 3.8) is 0 Å². The highest BCUT2D eigenvalue weighted by Gasteiger charge is 2.51. The number of hydrogen-bond acceptors (Lipinski definition) is 3. The molecule has 1 heterocycles. The number of rotatable bonds is 4. The van der Waals surface area contributed by atoms with Gasteiger partial charge in [0.2, 0.25) is 0 Å². The van der Waals surface area contributed by atoms with Crippen LogP contribution in [0.25, 0.3) is 0 Å². The molecule has 0 spiro atoms. The molecule has 1 aliphatic heterocycles. The van der Waals surface area contributed by atoms with Gasteiger partial charge in [0.05, 0.1) is 6.10 Å². The van der Waals surface area contributed by atoms with Gasteiger partial charge in [-0.25, -0.2) is 4.79 Å². The van der Waals surface area contributed by atoms with E-state index < -0.39 is 0 Å². The van der Waals surface area contributed by atoms with Crippen molar-refractivity contribution in [2.75, 3.05) is 26.7 Å². The number of urea groups is 1. The van der Waals surface area contributed by atoms with Gasteiger partial charge in [-0.2, -0.15) is 0 Å². The van der Waals surface area contributed by atoms with Crippen LogP contribution in [0.5, 0.6) is 0 Å². The van der Waals surface area contributed by atoms with Crippen molar-refractivity contribution >= 4 is 6.03 Å². The van der Waals surface area contributed by atoms with Crippen molar-refractivity contribution in [3.05, 3.63) is 0 Å². The fraction of sp³-hybridized carbons (Fsp3) is 0.938. The number of hydrogen-bond donors (Lipinski definition) is 2. The lowest BCUT2D eigenvalue weighted by molar-refractivity contribution is 0.0556. The molecule has 5 heteroatoms. The second kappa shape index (κ2) is 6.13. The molecule has 1 saturated heterocycles. The maximum absolute atomic E-state index is 12.2. The van der Waals surface area contributed by atoms with Crippen LogP contribution >= 0.6 is 0 Å². The highest BCUT2D eigenvalue weighted by atomic mass is 16.5. The quantitative estimate of drug-likeness (QED) is 0.830. The second-order valence-electron chi connectivity index (χ2n) is 7.25. The molecular weight excluding hydrogens is 266 g/mol. The predicted octanol–water partition coefficient (Wildman–Crippen LogP) is 1.71. The van der Waals surface area contributed by atoms with E-state index >= 15 is 0 Å². The number of carbonyl (C=O) groups is 1. The average Bonchev–Trinajstić information content (AvgIpc) is 2.72. The Morgan fingerprint density at radius 3 is 2.62 bits per heavy atom. The van der Waals surface area contributed by atoms with Crippen LogP contribution in [0.15, 0.2) is 0 Å². The van der Waals surface area contributed by atoms with E-state index in [1.165, 1.54) is 32.1 Å². The fourth-order valence-corrected chi connectivity index (χ4v) is 4.19. The minimum absolute atomic E-state index is 0.0735. The molecule has 5 nitrogen and oxygen atoms in total. The molecule has 0 bridgehead atoms. The second-order valence-corrected chi connectivity index (χ2v) is 7.25. The zero-order chi connectivity index (χ0) is 14.9. The highest BCUT2D eigenvalue weighted by Crippen LogP contribution is 2.42. The van der Waals surface area contributed by atoms with E-state index in [4.69, 9.17) is 10.5 Å². The minimum atomic E-state index is -0.0735. The van der Waals surface area contributed by atoms with Gasteiger partial charge in [-0.3, -0.25) is 0 Å². The lowest BCUT2D eigenvalue weighted by Gasteiger charge is -2.39. The first-order valence-electron chi connectivity index (χ1n) is 8.45. The van der Waals surface area contributed by atoms with Crippen molar-refractivity contribution in [1.29, 1.82) is 0 Å². The molecule has 0 aromatic heterocycles. The van der Waals surface area contributed by atoms with Crippen LogP contribution in [-0.2, 0) is 4.74 Å². The van der Waals surface area contributed by atoms with E-state index in [2.05, 4.69) is 5.32 Å². The van der Waals surface area contributed by atoms with Crippen LogP contribution in [0.1, 0.15) is 44.9 Å². The predicted molar refractivity (Wildman–Crippen MR) is 82.0 cm³/mol. The molecule has 2 saturated carbocycles. The van der Waals surface area contributed by atoms with Gasteiger partial charge in [0.1, 0.15) is 0 Å². The molecule has 0 aromatic rings. The molecule has 0 aromatic carbocycles. The van der Waals surface area contributed by atoms with Gasteiger partial charge in [0.25, 0.3) is 0 Å². The average molecular weight is 295 g/mol. The maximum atomic E-state index is 12.2. The Morgan fingerprint density at radius 1 is 1.33 bits per heavy atom. The van der Waals surface area contributed by atoms with E-state index in [1.807, 2.05) is 4.90 Å². The van der Waals surface area contributed by atoms with Gasteiger partial charge >= 0.3 is 6.03 Å². The smallest absolute Gasteiger partial charge is 0.317 e. The zero-order valence-electron chi connectivity index (χ0n) is 13.1. The van der Waals surface area contributed by atoms with Crippen LogP contribution in [-0.4, -0.2) is 49.3 Å². The van der Waals surface area contributed by atoms with E-state index in [0.717, 1.165) is 38.4 Å². The van der Waals surface area contributed by atoms with Crippen LogP contribution in [0, 0.1) is 11.8 Å². The third-order valence-electron chi connectivity index (χ3n) is 5.94. The summed E-state index contributed by atoms with van der Waals surface area (Å²) in [6.45, 7) is 2.38. The number of carbonyl (C=O) groups excluding carboxylic acids is 1. The van der Waals surface area contributed by atoms with Crippen molar-refractivity contribution < 1.29 is 9.53 Å². The monoisotopic (exact) mass is 295 g/mol. The molecule has 21 heavy (non-hydrogen) atoms. The molecule has 3 N–H and O–H groups in total. The molecular formula is C16H29N3O2. The number of fused-ring (bicyclic) bond motifs is 1. The van der Waals surface area contributed by atoms with Crippen molar-refractivity contribution in [2.24, 2.45) is 17.6 Å². The van der Waals surface area contributed by atoms with E-state index in [0.29, 0.717) is 12.0 Å². The van der Waals surface area contributed by atoms with E-state index in [-0.39, 0.29) is 11.6 Å². The Labute approximate surface area is 127 Å². The van der Waals surface area contributed by atoms with Gasteiger partial charge < -0.3 is 20.7 Å². The summed E-state index contributed by atoms with van der Waals surface area (Å²) >= 11 is 0. The first-order chi connectivity index (χ1) is 10.1. The van der Waals surface area contributed by atoms with E-state index in [9.17, 15) is 4.79 Å². The number of nitrogens with zero attached hydrogens (tertiary/aromatic N) is 1. The number of ether oxygens (including phenoxy) is 1. The SMILES string of the molecule is COC1CCC(CCNC(=O)N2C[C@@H]3CC[C@]3(N)C2)CC1. The van der Waals surface area contributed by atoms with Crippen LogP contribution in [0.4, 0.5) is 4.79 Å². The van der Waals surface area contributed by atoms with Gasteiger partial charge in [0, 0.05) is 32.3 Å². The number of methoxy groups -OCH3 is 1. The van der Waals surface area contributed by atoms with Gasteiger partial charge in [-0.15, -0.1) is 0 Å². The Hall–Kier alpha value is -0.810. The first kappa shape index (κ1) is 15.1. The third-order valence-corrected chi connectivity index (χ3v) is 5.94. The highest BCUT2D eigenvalue weighted by molar-refractivity contribution is 5.74. The Morgan fingerprint density at radius 2 is 2.10 bits per heavy atom. The number of nitrogens with two attached hydrogens (primary N) is 1. The van der Waals surface area contributed by atoms with Crippen LogP contribution in [0.2, 0.25) is 0 Å². The van der Waals surface area contributed by atoms with Crippen molar-refractivity contribution in [1.82, 2.24) is 10.2 Å². The summed E-state index contributed by atoms with van der Waals surface area (Å²) in [5, 5.41) is 3.08. The van der Waals surface area contributed by atoms with Crippen molar-refractivity contribution in [3.8, 4) is 0 Å². The number of amides is 2. The number of likely N-dealkylation sites (tertiary alicyclic amines) is 1. The molecule has 0 radical (unpaired) electrons. The lowest BCUT2D eigenvalue weighted by atomic mass is 9.70. The molecule has 120 valence electrons. The standard InChI is InChI=1S/C16H29N3O2/c1-21-14-4-2-12(3-5-14)7-9-18-15(20)19-10-13-6-8-16(13,17)11-19/h12-14H,2-11,17H2,1H3,(H,18,20)/t12?,13-,14?,16-/m0/s1. The lowest BCUT2D eigenvalue weighted by Crippen LogP contribution is -2.55. The Kier molecular flexibility index (Phi) is 4.41. The Balaban J connectivity index is 1.33. The molecule has 2 aliphatic carbocycles. The summed E-state index contributed by atoms with van der Waals surface area (Å²) in [6.07, 6.45) is 8.59. The van der Waals surface area contributed by atoms with Gasteiger partial charge in [-0.1, -0.05) is 0 Å². The summed E-state index contributed by atoms with van der Waals surface area (Å²) in [4.78, 5) is 14.1. The number of nitrogens with one attached hydrogen (secondary N) is 1. The molecule has 0 unspecified atom stereocenters. The summed E-state index contributed by atoms with van der Waals surface area (Å²) in [5.41, 5.74) is 6.20. The molecule has 2 atom stereocenters. The maximum Gasteiger partial charge on any atom is 0.317 e. The topological polar surface area (TPSA) is 67.6 Å². The first-order valence-corrected chi connectivity index (χ1v) is 8.45. The molecule has 3 rings (SSSR count). The van der Waals surface area contributed by atoms with Crippen molar-refractivity contribution in [2.45, 2.75) is 56.6 Å². The normalized spacial score (nSPS) is 38.8. The fourth-order valence-electron chi connectivity index (χ4n) is 4.19. The molecule has 3 fully saturated rings. The largest absolute Gasteiger partial charge is 0.381 e. The van der Waals surface area contributed by atoms with Gasteiger partial charge in [0.15, 0.2) is 0 Å². The van der Waals surface area contributed by atoms with Crippen LogP contribution in [0.3, 0.4) is 0 Å². The summed E-state index contributed by atoms with van der Waals surface area (Å²) in [5.74, 6) is 1.28. The molecule has 3 aliphatic rings. The van der Waals surface area contributed by atoms with E-state index in [1.54, 1.807) is 7.11 Å². The summed E-state index contributed by atoms with van der Waals surface area (Å²) in [7, 11) is 1.80. The van der Waals surface area contributed by atoms with Gasteiger partial charge in [-0.05, 0) is 56.8 Å².